The first-order chi connectivity index (χ1) is 11.6. The standard InChI is InChI=1S/C18H24N2O4/c1-2-12-3-5-13(6-4-12)14-11-19-9-10-20(14)17(21)15-7-8-16(24-15)18(22)23/h3-6,14-16,19H,2,7-11H2,1H3,(H,22,23)/t14?,15-,16+/m0/s1. The summed E-state index contributed by atoms with van der Waals surface area (Å²) in [5.74, 6) is -1.08. The van der Waals surface area contributed by atoms with E-state index in [1.807, 2.05) is 4.90 Å². The molecule has 3 atom stereocenters. The summed E-state index contributed by atoms with van der Waals surface area (Å²) in [6, 6.07) is 8.31. The van der Waals surface area contributed by atoms with Crippen LogP contribution in [0.2, 0.25) is 0 Å². The highest BCUT2D eigenvalue weighted by Gasteiger charge is 2.39. The fraction of sp³-hybridized carbons (Fsp3) is 0.556. The van der Waals surface area contributed by atoms with E-state index in [-0.39, 0.29) is 11.9 Å². The van der Waals surface area contributed by atoms with Crippen molar-refractivity contribution >= 4 is 11.9 Å². The van der Waals surface area contributed by atoms with E-state index in [0.717, 1.165) is 18.5 Å². The maximum absolute atomic E-state index is 12.9. The number of aliphatic carboxylic acids is 1. The third-order valence-corrected chi connectivity index (χ3v) is 4.87. The average Bonchev–Trinajstić information content (AvgIpc) is 3.12. The molecule has 0 spiro atoms. The summed E-state index contributed by atoms with van der Waals surface area (Å²) in [6.45, 7) is 4.16. The van der Waals surface area contributed by atoms with Gasteiger partial charge in [-0.1, -0.05) is 31.2 Å². The summed E-state index contributed by atoms with van der Waals surface area (Å²) in [6.07, 6.45) is 0.360. The molecule has 2 aliphatic rings. The highest BCUT2D eigenvalue weighted by molar-refractivity contribution is 5.83. The summed E-state index contributed by atoms with van der Waals surface area (Å²) >= 11 is 0. The molecule has 2 N–H and O–H groups in total. The molecule has 1 aromatic carbocycles. The van der Waals surface area contributed by atoms with Crippen LogP contribution in [0.4, 0.5) is 0 Å². The van der Waals surface area contributed by atoms with Crippen molar-refractivity contribution in [1.29, 1.82) is 0 Å². The molecule has 6 nitrogen and oxygen atoms in total. The summed E-state index contributed by atoms with van der Waals surface area (Å²) in [5, 5.41) is 12.4. The number of benzene rings is 1. The first-order valence-electron chi connectivity index (χ1n) is 8.58. The van der Waals surface area contributed by atoms with Crippen molar-refractivity contribution in [3.8, 4) is 0 Å². The van der Waals surface area contributed by atoms with E-state index in [9.17, 15) is 9.59 Å². The van der Waals surface area contributed by atoms with Crippen molar-refractivity contribution in [2.45, 2.75) is 44.4 Å². The van der Waals surface area contributed by atoms with Gasteiger partial charge in [-0.2, -0.15) is 0 Å². The first-order valence-corrected chi connectivity index (χ1v) is 8.58. The van der Waals surface area contributed by atoms with Crippen LogP contribution in [0, 0.1) is 0 Å². The van der Waals surface area contributed by atoms with Crippen LogP contribution in [0.15, 0.2) is 24.3 Å². The van der Waals surface area contributed by atoms with E-state index in [1.54, 1.807) is 0 Å². The quantitative estimate of drug-likeness (QED) is 0.870. The van der Waals surface area contributed by atoms with Gasteiger partial charge in [0.05, 0.1) is 6.04 Å². The Bertz CT molecular complexity index is 602. The molecule has 0 aromatic heterocycles. The van der Waals surface area contributed by atoms with Crippen LogP contribution in [0.5, 0.6) is 0 Å². The minimum absolute atomic E-state index is 0.0374. The summed E-state index contributed by atoms with van der Waals surface area (Å²) in [7, 11) is 0. The summed E-state index contributed by atoms with van der Waals surface area (Å²) in [4.78, 5) is 25.7. The number of ether oxygens (including phenoxy) is 1. The molecule has 6 heteroatoms. The number of carbonyl (C=O) groups is 2. The second-order valence-electron chi connectivity index (χ2n) is 6.38. The van der Waals surface area contributed by atoms with Crippen LogP contribution in [0.1, 0.15) is 36.9 Å². The fourth-order valence-electron chi connectivity index (χ4n) is 3.43. The van der Waals surface area contributed by atoms with Crippen LogP contribution in [0.25, 0.3) is 0 Å². The Labute approximate surface area is 141 Å². The Morgan fingerprint density at radius 2 is 1.96 bits per heavy atom. The second kappa shape index (κ2) is 7.32. The van der Waals surface area contributed by atoms with E-state index in [0.29, 0.717) is 25.9 Å². The van der Waals surface area contributed by atoms with Crippen molar-refractivity contribution < 1.29 is 19.4 Å². The Morgan fingerprint density at radius 3 is 2.58 bits per heavy atom. The molecular formula is C18H24N2O4. The van der Waals surface area contributed by atoms with Crippen LogP contribution in [0.3, 0.4) is 0 Å². The van der Waals surface area contributed by atoms with E-state index in [4.69, 9.17) is 9.84 Å². The minimum Gasteiger partial charge on any atom is -0.479 e. The van der Waals surface area contributed by atoms with Gasteiger partial charge in [-0.15, -0.1) is 0 Å². The fourth-order valence-corrected chi connectivity index (χ4v) is 3.43. The number of carboxylic acid groups (broad SMARTS) is 1. The number of carbonyl (C=O) groups excluding carboxylic acids is 1. The van der Waals surface area contributed by atoms with Gasteiger partial charge < -0.3 is 20.1 Å². The monoisotopic (exact) mass is 332 g/mol. The van der Waals surface area contributed by atoms with Gasteiger partial charge in [-0.3, -0.25) is 4.79 Å². The number of carboxylic acids is 1. The van der Waals surface area contributed by atoms with Gasteiger partial charge in [-0.25, -0.2) is 4.79 Å². The van der Waals surface area contributed by atoms with Crippen molar-refractivity contribution in [1.82, 2.24) is 10.2 Å². The van der Waals surface area contributed by atoms with E-state index in [2.05, 4.69) is 36.5 Å². The van der Waals surface area contributed by atoms with Gasteiger partial charge in [0.1, 0.15) is 6.10 Å². The molecule has 0 radical (unpaired) electrons. The van der Waals surface area contributed by atoms with Crippen molar-refractivity contribution in [2.24, 2.45) is 0 Å². The van der Waals surface area contributed by atoms with E-state index < -0.39 is 18.2 Å². The molecule has 1 amide bonds. The largest absolute Gasteiger partial charge is 0.479 e. The van der Waals surface area contributed by atoms with Crippen LogP contribution >= 0.6 is 0 Å². The number of piperazine rings is 1. The van der Waals surface area contributed by atoms with Crippen molar-refractivity contribution in [2.75, 3.05) is 19.6 Å². The Morgan fingerprint density at radius 1 is 1.25 bits per heavy atom. The third kappa shape index (κ3) is 3.44. The third-order valence-electron chi connectivity index (χ3n) is 4.87. The average molecular weight is 332 g/mol. The van der Waals surface area contributed by atoms with Crippen LogP contribution in [-0.2, 0) is 20.7 Å². The smallest absolute Gasteiger partial charge is 0.332 e. The molecule has 0 bridgehead atoms. The first kappa shape index (κ1) is 16.9. The summed E-state index contributed by atoms with van der Waals surface area (Å²) < 4.78 is 5.45. The number of nitrogens with zero attached hydrogens (tertiary/aromatic N) is 1. The molecule has 2 fully saturated rings. The summed E-state index contributed by atoms with van der Waals surface area (Å²) in [5.41, 5.74) is 2.37. The maximum atomic E-state index is 12.9. The Hall–Kier alpha value is -1.92. The lowest BCUT2D eigenvalue weighted by Crippen LogP contribution is -2.51. The lowest BCUT2D eigenvalue weighted by molar-refractivity contribution is -0.156. The van der Waals surface area contributed by atoms with Crippen LogP contribution < -0.4 is 5.32 Å². The number of hydrogen-bond acceptors (Lipinski definition) is 4. The molecule has 24 heavy (non-hydrogen) atoms. The van der Waals surface area contributed by atoms with Gasteiger partial charge >= 0.3 is 5.97 Å². The molecule has 3 rings (SSSR count). The second-order valence-corrected chi connectivity index (χ2v) is 6.38. The predicted molar refractivity (Wildman–Crippen MR) is 88.7 cm³/mol. The Kier molecular flexibility index (Phi) is 5.16. The van der Waals surface area contributed by atoms with Gasteiger partial charge in [0.15, 0.2) is 6.10 Å². The molecule has 1 unspecified atom stereocenters. The van der Waals surface area contributed by atoms with Crippen molar-refractivity contribution in [3.63, 3.8) is 0 Å². The number of amides is 1. The molecule has 0 aliphatic carbocycles. The molecule has 2 saturated heterocycles. The number of rotatable bonds is 4. The van der Waals surface area contributed by atoms with Crippen LogP contribution in [-0.4, -0.2) is 53.7 Å². The molecule has 0 saturated carbocycles. The number of aryl methyl sites for hydroxylation is 1. The maximum Gasteiger partial charge on any atom is 0.332 e. The van der Waals surface area contributed by atoms with Gasteiger partial charge in [0.2, 0.25) is 0 Å². The molecular weight excluding hydrogens is 308 g/mol. The normalized spacial score (nSPS) is 27.2. The molecule has 2 heterocycles. The SMILES string of the molecule is CCc1ccc(C2CNCCN2C(=O)[C@@H]2CC[C@H](C(=O)O)O2)cc1. The van der Waals surface area contributed by atoms with Gasteiger partial charge in [0, 0.05) is 19.6 Å². The lowest BCUT2D eigenvalue weighted by Gasteiger charge is -2.38. The van der Waals surface area contributed by atoms with E-state index in [1.165, 1.54) is 5.56 Å². The topological polar surface area (TPSA) is 78.9 Å². The molecule has 130 valence electrons. The zero-order valence-corrected chi connectivity index (χ0v) is 13.9. The zero-order valence-electron chi connectivity index (χ0n) is 13.9. The van der Waals surface area contributed by atoms with E-state index >= 15 is 0 Å². The highest BCUT2D eigenvalue weighted by Crippen LogP contribution is 2.28. The lowest BCUT2D eigenvalue weighted by atomic mass is 10.00. The highest BCUT2D eigenvalue weighted by atomic mass is 16.5. The van der Waals surface area contributed by atoms with Gasteiger partial charge in [0.25, 0.3) is 5.91 Å². The van der Waals surface area contributed by atoms with Crippen molar-refractivity contribution in [3.05, 3.63) is 35.4 Å². The number of hydrogen-bond donors (Lipinski definition) is 2. The zero-order chi connectivity index (χ0) is 17.1. The predicted octanol–water partition coefficient (Wildman–Crippen LogP) is 1.35. The Balaban J connectivity index is 1.74. The number of nitrogens with one attached hydrogen (secondary N) is 1. The van der Waals surface area contributed by atoms with Gasteiger partial charge in [-0.05, 0) is 30.4 Å². The molecule has 1 aromatic rings. The molecule has 2 aliphatic heterocycles. The minimum atomic E-state index is -0.989.